The van der Waals surface area contributed by atoms with E-state index in [-0.39, 0.29) is 6.61 Å². The average Bonchev–Trinajstić information content (AvgIpc) is 2.57. The van der Waals surface area contributed by atoms with Crippen LogP contribution in [-0.4, -0.2) is 37.5 Å². The largest absolute Gasteiger partial charge is 0.492 e. The van der Waals surface area contributed by atoms with Crippen LogP contribution in [0.4, 0.5) is 11.4 Å². The highest BCUT2D eigenvalue weighted by atomic mass is 16.5. The normalized spacial score (nSPS) is 11.9. The van der Waals surface area contributed by atoms with E-state index in [1.807, 2.05) is 31.2 Å². The molecule has 6 heteroatoms. The molecule has 0 saturated carbocycles. The zero-order chi connectivity index (χ0) is 17.4. The van der Waals surface area contributed by atoms with Gasteiger partial charge in [-0.25, -0.2) is 0 Å². The molecule has 0 aliphatic rings. The summed E-state index contributed by atoms with van der Waals surface area (Å²) in [5, 5.41) is 13.1. The van der Waals surface area contributed by atoms with Crippen LogP contribution in [0.3, 0.4) is 0 Å². The maximum atomic E-state index is 9.93. The molecule has 6 N–H and O–H groups in total. The Hall–Kier alpha value is -2.44. The minimum atomic E-state index is -0.649. The maximum absolute atomic E-state index is 9.93. The Kier molecular flexibility index (Phi) is 6.72. The number of aliphatic hydroxyl groups is 1. The van der Waals surface area contributed by atoms with Crippen molar-refractivity contribution in [3.63, 3.8) is 0 Å². The molecular weight excluding hydrogens is 306 g/mol. The van der Waals surface area contributed by atoms with Gasteiger partial charge in [-0.1, -0.05) is 24.3 Å². The SMILES string of the molecule is Cc1ccccc1OCCNCC(O)COc1cccc(N)c1N. The molecule has 24 heavy (non-hydrogen) atoms. The highest BCUT2D eigenvalue weighted by Gasteiger charge is 2.08. The molecule has 0 aliphatic carbocycles. The second-order valence-electron chi connectivity index (χ2n) is 5.54. The van der Waals surface area contributed by atoms with E-state index in [1.54, 1.807) is 18.2 Å². The van der Waals surface area contributed by atoms with E-state index in [4.69, 9.17) is 20.9 Å². The van der Waals surface area contributed by atoms with Crippen molar-refractivity contribution in [1.82, 2.24) is 5.32 Å². The molecule has 0 spiro atoms. The quantitative estimate of drug-likeness (QED) is 0.411. The molecule has 2 aromatic carbocycles. The van der Waals surface area contributed by atoms with E-state index >= 15 is 0 Å². The summed E-state index contributed by atoms with van der Waals surface area (Å²) in [6, 6.07) is 13.0. The Bertz CT molecular complexity index is 649. The Labute approximate surface area is 142 Å². The zero-order valence-corrected chi connectivity index (χ0v) is 13.9. The molecule has 0 heterocycles. The van der Waals surface area contributed by atoms with Gasteiger partial charge in [0.05, 0.1) is 11.4 Å². The van der Waals surface area contributed by atoms with Crippen molar-refractivity contribution < 1.29 is 14.6 Å². The van der Waals surface area contributed by atoms with Crippen molar-refractivity contribution in [2.75, 3.05) is 37.8 Å². The molecular formula is C18H25N3O3. The van der Waals surface area contributed by atoms with Crippen LogP contribution in [0.1, 0.15) is 5.56 Å². The van der Waals surface area contributed by atoms with Crippen LogP contribution < -0.4 is 26.3 Å². The third kappa shape index (κ3) is 5.33. The van der Waals surface area contributed by atoms with Crippen molar-refractivity contribution in [3.8, 4) is 11.5 Å². The number of nitrogen functional groups attached to an aromatic ring is 2. The number of aryl methyl sites for hydroxylation is 1. The van der Waals surface area contributed by atoms with Gasteiger partial charge in [-0.15, -0.1) is 0 Å². The first-order valence-electron chi connectivity index (χ1n) is 7.92. The lowest BCUT2D eigenvalue weighted by atomic mass is 10.2. The summed E-state index contributed by atoms with van der Waals surface area (Å²) in [5.41, 5.74) is 13.5. The molecule has 0 aliphatic heterocycles. The summed E-state index contributed by atoms with van der Waals surface area (Å²) in [6.45, 7) is 3.71. The summed E-state index contributed by atoms with van der Waals surface area (Å²) in [5.74, 6) is 1.36. The molecule has 2 aromatic rings. The summed E-state index contributed by atoms with van der Waals surface area (Å²) in [7, 11) is 0. The number of nitrogens with one attached hydrogen (secondary N) is 1. The first-order chi connectivity index (χ1) is 11.6. The molecule has 130 valence electrons. The van der Waals surface area contributed by atoms with Gasteiger partial charge in [0.25, 0.3) is 0 Å². The van der Waals surface area contributed by atoms with Gasteiger partial charge in [0.15, 0.2) is 0 Å². The lowest BCUT2D eigenvalue weighted by Crippen LogP contribution is -2.33. The molecule has 1 unspecified atom stereocenters. The smallest absolute Gasteiger partial charge is 0.144 e. The van der Waals surface area contributed by atoms with Crippen LogP contribution in [0.15, 0.2) is 42.5 Å². The van der Waals surface area contributed by atoms with Crippen LogP contribution in [0.2, 0.25) is 0 Å². The Morgan fingerprint density at radius 3 is 2.58 bits per heavy atom. The lowest BCUT2D eigenvalue weighted by molar-refractivity contribution is 0.106. The third-order valence-electron chi connectivity index (χ3n) is 3.54. The van der Waals surface area contributed by atoms with E-state index in [1.165, 1.54) is 0 Å². The van der Waals surface area contributed by atoms with Crippen molar-refractivity contribution in [2.45, 2.75) is 13.0 Å². The third-order valence-corrected chi connectivity index (χ3v) is 3.54. The van der Waals surface area contributed by atoms with Gasteiger partial charge >= 0.3 is 0 Å². The van der Waals surface area contributed by atoms with Crippen molar-refractivity contribution in [3.05, 3.63) is 48.0 Å². The number of hydrogen-bond donors (Lipinski definition) is 4. The van der Waals surface area contributed by atoms with Gasteiger partial charge in [-0.05, 0) is 30.7 Å². The maximum Gasteiger partial charge on any atom is 0.144 e. The van der Waals surface area contributed by atoms with Crippen molar-refractivity contribution in [1.29, 1.82) is 0 Å². The Morgan fingerprint density at radius 1 is 1.04 bits per heavy atom. The first-order valence-corrected chi connectivity index (χ1v) is 7.92. The van der Waals surface area contributed by atoms with E-state index < -0.39 is 6.10 Å². The number of aliphatic hydroxyl groups excluding tert-OH is 1. The minimum absolute atomic E-state index is 0.138. The molecule has 1 atom stereocenters. The van der Waals surface area contributed by atoms with Gasteiger partial charge in [-0.3, -0.25) is 0 Å². The number of anilines is 2. The molecule has 6 nitrogen and oxygen atoms in total. The standard InChI is InChI=1S/C18H25N3O3/c1-13-5-2-3-7-16(13)23-10-9-21-11-14(22)12-24-17-8-4-6-15(19)18(17)20/h2-8,14,21-22H,9-12,19-20H2,1H3. The fourth-order valence-electron chi connectivity index (χ4n) is 2.15. The summed E-state index contributed by atoms with van der Waals surface area (Å²) >= 11 is 0. The van der Waals surface area contributed by atoms with Crippen LogP contribution in [0.25, 0.3) is 0 Å². The minimum Gasteiger partial charge on any atom is -0.492 e. The van der Waals surface area contributed by atoms with Crippen LogP contribution in [0, 0.1) is 6.92 Å². The van der Waals surface area contributed by atoms with Gasteiger partial charge in [0, 0.05) is 13.1 Å². The molecule has 0 radical (unpaired) electrons. The highest BCUT2D eigenvalue weighted by Crippen LogP contribution is 2.26. The Balaban J connectivity index is 1.62. The van der Waals surface area contributed by atoms with Crippen LogP contribution >= 0.6 is 0 Å². The second kappa shape index (κ2) is 9.00. The number of para-hydroxylation sites is 2. The topological polar surface area (TPSA) is 103 Å². The van der Waals surface area contributed by atoms with Crippen molar-refractivity contribution in [2.24, 2.45) is 0 Å². The first kappa shape index (κ1) is 17.9. The lowest BCUT2D eigenvalue weighted by Gasteiger charge is -2.15. The molecule has 0 amide bonds. The number of rotatable bonds is 9. The predicted octanol–water partition coefficient (Wildman–Crippen LogP) is 1.57. The number of hydrogen-bond acceptors (Lipinski definition) is 6. The Morgan fingerprint density at radius 2 is 1.79 bits per heavy atom. The van der Waals surface area contributed by atoms with E-state index in [9.17, 15) is 5.11 Å². The summed E-state index contributed by atoms with van der Waals surface area (Å²) in [6.07, 6.45) is -0.649. The molecule has 0 fully saturated rings. The fraction of sp³-hybridized carbons (Fsp3) is 0.333. The van der Waals surface area contributed by atoms with Gasteiger partial charge < -0.3 is 31.4 Å². The fourth-order valence-corrected chi connectivity index (χ4v) is 2.15. The predicted molar refractivity (Wildman–Crippen MR) is 96.3 cm³/mol. The second-order valence-corrected chi connectivity index (χ2v) is 5.54. The summed E-state index contributed by atoms with van der Waals surface area (Å²) < 4.78 is 11.2. The van der Waals surface area contributed by atoms with E-state index in [2.05, 4.69) is 5.32 Å². The zero-order valence-electron chi connectivity index (χ0n) is 13.9. The number of benzene rings is 2. The van der Waals surface area contributed by atoms with Crippen LogP contribution in [-0.2, 0) is 0 Å². The molecule has 0 bridgehead atoms. The summed E-state index contributed by atoms with van der Waals surface area (Å²) in [4.78, 5) is 0. The average molecular weight is 331 g/mol. The number of ether oxygens (including phenoxy) is 2. The van der Waals surface area contributed by atoms with Crippen LogP contribution in [0.5, 0.6) is 11.5 Å². The van der Waals surface area contributed by atoms with E-state index in [0.29, 0.717) is 36.8 Å². The van der Waals surface area contributed by atoms with Gasteiger partial charge in [0.1, 0.15) is 30.8 Å². The van der Waals surface area contributed by atoms with Crippen molar-refractivity contribution >= 4 is 11.4 Å². The van der Waals surface area contributed by atoms with E-state index in [0.717, 1.165) is 11.3 Å². The monoisotopic (exact) mass is 331 g/mol. The molecule has 0 aromatic heterocycles. The number of nitrogens with two attached hydrogens (primary N) is 2. The molecule has 2 rings (SSSR count). The van der Waals surface area contributed by atoms with Gasteiger partial charge in [-0.2, -0.15) is 0 Å². The highest BCUT2D eigenvalue weighted by molar-refractivity contribution is 5.70. The van der Waals surface area contributed by atoms with Gasteiger partial charge in [0.2, 0.25) is 0 Å². The molecule has 0 saturated heterocycles.